The van der Waals surface area contributed by atoms with Gasteiger partial charge in [-0.1, -0.05) is 24.6 Å². The second kappa shape index (κ2) is 6.78. The van der Waals surface area contributed by atoms with Crippen LogP contribution in [-0.4, -0.2) is 14.8 Å². The lowest BCUT2D eigenvalue weighted by atomic mass is 10.0. The topological polar surface area (TPSA) is 68.8 Å². The molecule has 1 unspecified atom stereocenters. The molecule has 0 saturated carbocycles. The Balaban J connectivity index is 2.19. The molecule has 0 fully saturated rings. The number of halogens is 2. The summed E-state index contributed by atoms with van der Waals surface area (Å²) in [6.07, 6.45) is 3.05. The standard InChI is InChI=1S/C13H17ClFN5/c1-2-5-20-13(17-8-18-20)7-12(19-16)9-3-4-11(15)10(14)6-9/h3-4,6,8,12,19H,2,5,7,16H2,1H3. The molecule has 0 radical (unpaired) electrons. The minimum atomic E-state index is -0.444. The molecule has 5 nitrogen and oxygen atoms in total. The van der Waals surface area contributed by atoms with E-state index in [1.54, 1.807) is 12.1 Å². The van der Waals surface area contributed by atoms with Gasteiger partial charge in [0.15, 0.2) is 0 Å². The maximum atomic E-state index is 13.2. The van der Waals surface area contributed by atoms with E-state index in [0.29, 0.717) is 6.42 Å². The van der Waals surface area contributed by atoms with E-state index in [-0.39, 0.29) is 11.1 Å². The zero-order valence-corrected chi connectivity index (χ0v) is 11.9. The van der Waals surface area contributed by atoms with Crippen molar-refractivity contribution in [2.75, 3.05) is 0 Å². The van der Waals surface area contributed by atoms with Crippen LogP contribution in [0.15, 0.2) is 24.5 Å². The Morgan fingerprint density at radius 2 is 2.30 bits per heavy atom. The van der Waals surface area contributed by atoms with Crippen molar-refractivity contribution in [2.24, 2.45) is 5.84 Å². The van der Waals surface area contributed by atoms with Crippen molar-refractivity contribution in [3.05, 3.63) is 46.8 Å². The van der Waals surface area contributed by atoms with Crippen molar-refractivity contribution < 1.29 is 4.39 Å². The molecule has 0 aliphatic heterocycles. The summed E-state index contributed by atoms with van der Waals surface area (Å²) in [7, 11) is 0. The van der Waals surface area contributed by atoms with E-state index < -0.39 is 5.82 Å². The van der Waals surface area contributed by atoms with Crippen LogP contribution in [0.1, 0.15) is 30.8 Å². The molecule has 0 aliphatic rings. The lowest BCUT2D eigenvalue weighted by Crippen LogP contribution is -2.30. The smallest absolute Gasteiger partial charge is 0.141 e. The van der Waals surface area contributed by atoms with E-state index in [2.05, 4.69) is 22.4 Å². The number of nitrogens with zero attached hydrogens (tertiary/aromatic N) is 3. The second-order valence-corrected chi connectivity index (χ2v) is 4.90. The van der Waals surface area contributed by atoms with Gasteiger partial charge in [-0.05, 0) is 24.1 Å². The average molecular weight is 298 g/mol. The highest BCUT2D eigenvalue weighted by Crippen LogP contribution is 2.22. The molecular weight excluding hydrogens is 281 g/mol. The summed E-state index contributed by atoms with van der Waals surface area (Å²) in [5.41, 5.74) is 3.52. The third kappa shape index (κ3) is 3.33. The Morgan fingerprint density at radius 3 is 2.95 bits per heavy atom. The van der Waals surface area contributed by atoms with Gasteiger partial charge in [-0.15, -0.1) is 0 Å². The highest BCUT2D eigenvalue weighted by molar-refractivity contribution is 6.30. The molecular formula is C13H17ClFN5. The minimum Gasteiger partial charge on any atom is -0.271 e. The van der Waals surface area contributed by atoms with Crippen molar-refractivity contribution in [3.63, 3.8) is 0 Å². The molecule has 7 heteroatoms. The van der Waals surface area contributed by atoms with Crippen LogP contribution in [0.3, 0.4) is 0 Å². The summed E-state index contributed by atoms with van der Waals surface area (Å²) in [4.78, 5) is 4.24. The lowest BCUT2D eigenvalue weighted by molar-refractivity contribution is 0.498. The molecule has 1 aromatic carbocycles. The monoisotopic (exact) mass is 297 g/mol. The molecule has 1 aromatic heterocycles. The van der Waals surface area contributed by atoms with E-state index >= 15 is 0 Å². The predicted octanol–water partition coefficient (Wildman–Crippen LogP) is 2.23. The number of hydrogen-bond donors (Lipinski definition) is 2. The maximum Gasteiger partial charge on any atom is 0.141 e. The van der Waals surface area contributed by atoms with Gasteiger partial charge >= 0.3 is 0 Å². The number of nitrogens with one attached hydrogen (secondary N) is 1. The fourth-order valence-corrected chi connectivity index (χ4v) is 2.22. The summed E-state index contributed by atoms with van der Waals surface area (Å²) < 4.78 is 15.0. The molecule has 3 N–H and O–H groups in total. The first-order chi connectivity index (χ1) is 9.65. The summed E-state index contributed by atoms with van der Waals surface area (Å²) in [6.45, 7) is 2.88. The SMILES string of the molecule is CCCn1ncnc1CC(NN)c1ccc(F)c(Cl)c1. The van der Waals surface area contributed by atoms with Crippen molar-refractivity contribution in [3.8, 4) is 0 Å². The highest BCUT2D eigenvalue weighted by atomic mass is 35.5. The number of benzene rings is 1. The van der Waals surface area contributed by atoms with Gasteiger partial charge in [-0.2, -0.15) is 5.10 Å². The van der Waals surface area contributed by atoms with E-state index in [1.807, 2.05) is 4.68 Å². The van der Waals surface area contributed by atoms with Crippen LogP contribution < -0.4 is 11.3 Å². The van der Waals surface area contributed by atoms with E-state index in [0.717, 1.165) is 24.4 Å². The Labute approximate surface area is 121 Å². The van der Waals surface area contributed by atoms with Gasteiger partial charge < -0.3 is 0 Å². The molecule has 20 heavy (non-hydrogen) atoms. The number of aromatic nitrogens is 3. The molecule has 0 saturated heterocycles. The minimum absolute atomic E-state index is 0.0813. The van der Waals surface area contributed by atoms with Crippen molar-refractivity contribution in [2.45, 2.75) is 32.4 Å². The first-order valence-electron chi connectivity index (χ1n) is 6.43. The molecule has 2 aromatic rings. The first kappa shape index (κ1) is 14.9. The van der Waals surface area contributed by atoms with Crippen LogP contribution in [-0.2, 0) is 13.0 Å². The zero-order valence-electron chi connectivity index (χ0n) is 11.2. The van der Waals surface area contributed by atoms with Crippen molar-refractivity contribution in [1.82, 2.24) is 20.2 Å². The quantitative estimate of drug-likeness (QED) is 0.634. The van der Waals surface area contributed by atoms with Crippen LogP contribution in [0.2, 0.25) is 5.02 Å². The third-order valence-corrected chi connectivity index (χ3v) is 3.35. The second-order valence-electron chi connectivity index (χ2n) is 4.50. The number of aryl methyl sites for hydroxylation is 1. The van der Waals surface area contributed by atoms with Gasteiger partial charge in [-0.25, -0.2) is 9.37 Å². The van der Waals surface area contributed by atoms with Gasteiger partial charge in [0.05, 0.1) is 11.1 Å². The summed E-state index contributed by atoms with van der Waals surface area (Å²) >= 11 is 5.80. The Morgan fingerprint density at radius 1 is 1.50 bits per heavy atom. The predicted molar refractivity (Wildman–Crippen MR) is 75.5 cm³/mol. The van der Waals surface area contributed by atoms with Gasteiger partial charge in [0.1, 0.15) is 18.0 Å². The molecule has 108 valence electrons. The number of rotatable bonds is 6. The van der Waals surface area contributed by atoms with Crippen molar-refractivity contribution >= 4 is 11.6 Å². The average Bonchev–Trinajstić information content (AvgIpc) is 2.87. The lowest BCUT2D eigenvalue weighted by Gasteiger charge is -2.16. The Bertz CT molecular complexity index is 572. The normalized spacial score (nSPS) is 12.6. The number of hydrogen-bond acceptors (Lipinski definition) is 4. The van der Waals surface area contributed by atoms with Crippen LogP contribution in [0.25, 0.3) is 0 Å². The zero-order chi connectivity index (χ0) is 14.5. The summed E-state index contributed by atoms with van der Waals surface area (Å²) in [6, 6.07) is 4.36. The first-order valence-corrected chi connectivity index (χ1v) is 6.81. The fourth-order valence-electron chi connectivity index (χ4n) is 2.03. The van der Waals surface area contributed by atoms with Gasteiger partial charge in [-0.3, -0.25) is 16.0 Å². The maximum absolute atomic E-state index is 13.2. The van der Waals surface area contributed by atoms with Gasteiger partial charge in [0, 0.05) is 13.0 Å². The number of nitrogens with two attached hydrogens (primary N) is 1. The van der Waals surface area contributed by atoms with Gasteiger partial charge in [0.25, 0.3) is 0 Å². The molecule has 1 heterocycles. The van der Waals surface area contributed by atoms with Crippen LogP contribution in [0, 0.1) is 5.82 Å². The van der Waals surface area contributed by atoms with Crippen LogP contribution in [0.5, 0.6) is 0 Å². The van der Waals surface area contributed by atoms with Crippen molar-refractivity contribution in [1.29, 1.82) is 0 Å². The molecule has 2 rings (SSSR count). The third-order valence-electron chi connectivity index (χ3n) is 3.07. The Hall–Kier alpha value is -1.50. The summed E-state index contributed by atoms with van der Waals surface area (Å²) in [5.74, 6) is 5.97. The van der Waals surface area contributed by atoms with E-state index in [4.69, 9.17) is 17.4 Å². The fraction of sp³-hybridized carbons (Fsp3) is 0.385. The molecule has 0 spiro atoms. The molecule has 0 bridgehead atoms. The molecule has 0 amide bonds. The largest absolute Gasteiger partial charge is 0.271 e. The Kier molecular flexibility index (Phi) is 5.05. The summed E-state index contributed by atoms with van der Waals surface area (Å²) in [5, 5.41) is 4.25. The number of hydrazine groups is 1. The van der Waals surface area contributed by atoms with Gasteiger partial charge in [0.2, 0.25) is 0 Å². The molecule has 1 atom stereocenters. The molecule has 0 aliphatic carbocycles. The van der Waals surface area contributed by atoms with Crippen LogP contribution >= 0.6 is 11.6 Å². The van der Waals surface area contributed by atoms with E-state index in [9.17, 15) is 4.39 Å². The van der Waals surface area contributed by atoms with Crippen LogP contribution in [0.4, 0.5) is 4.39 Å². The highest BCUT2D eigenvalue weighted by Gasteiger charge is 2.16. The van der Waals surface area contributed by atoms with E-state index in [1.165, 1.54) is 12.4 Å².